The molecule has 0 unspecified atom stereocenters. The summed E-state index contributed by atoms with van der Waals surface area (Å²) in [5.74, 6) is 1.31. The van der Waals surface area contributed by atoms with Gasteiger partial charge in [-0.05, 0) is 55.0 Å². The number of piperazine rings is 1. The van der Waals surface area contributed by atoms with Crippen molar-refractivity contribution in [1.29, 1.82) is 0 Å². The van der Waals surface area contributed by atoms with E-state index in [-0.39, 0.29) is 5.82 Å². The summed E-state index contributed by atoms with van der Waals surface area (Å²) in [6.45, 7) is 5.42. The minimum absolute atomic E-state index is 0.205. The molecule has 0 atom stereocenters. The molecular formula is C21H22FN5. The average molecular weight is 363 g/mol. The third-order valence-electron chi connectivity index (χ3n) is 4.69. The van der Waals surface area contributed by atoms with Crippen LogP contribution in [-0.4, -0.2) is 36.1 Å². The maximum absolute atomic E-state index is 13.1. The molecule has 0 radical (unpaired) electrons. The van der Waals surface area contributed by atoms with Gasteiger partial charge in [0.2, 0.25) is 5.95 Å². The van der Waals surface area contributed by atoms with E-state index in [1.54, 1.807) is 6.20 Å². The number of nitrogens with one attached hydrogen (secondary N) is 1. The fourth-order valence-corrected chi connectivity index (χ4v) is 3.26. The van der Waals surface area contributed by atoms with Crippen LogP contribution in [0.1, 0.15) is 5.56 Å². The number of hydrogen-bond acceptors (Lipinski definition) is 5. The Bertz CT molecular complexity index is 904. The molecule has 1 N–H and O–H groups in total. The van der Waals surface area contributed by atoms with Gasteiger partial charge in [-0.1, -0.05) is 12.1 Å². The minimum Gasteiger partial charge on any atom is -0.368 e. The van der Waals surface area contributed by atoms with Crippen molar-refractivity contribution < 1.29 is 4.39 Å². The van der Waals surface area contributed by atoms with Crippen molar-refractivity contribution >= 4 is 23.1 Å². The van der Waals surface area contributed by atoms with Crippen LogP contribution in [0.4, 0.5) is 27.5 Å². The highest BCUT2D eigenvalue weighted by Crippen LogP contribution is 2.21. The Morgan fingerprint density at radius 1 is 0.926 bits per heavy atom. The van der Waals surface area contributed by atoms with Crippen LogP contribution in [-0.2, 0) is 0 Å². The van der Waals surface area contributed by atoms with Crippen LogP contribution in [0.15, 0.2) is 60.8 Å². The molecule has 1 fully saturated rings. The van der Waals surface area contributed by atoms with E-state index in [0.717, 1.165) is 49.3 Å². The normalized spacial score (nSPS) is 14.3. The second-order valence-corrected chi connectivity index (χ2v) is 6.69. The molecule has 3 aromatic rings. The molecule has 1 aliphatic heterocycles. The van der Waals surface area contributed by atoms with Crippen LogP contribution in [0.25, 0.3) is 0 Å². The largest absolute Gasteiger partial charge is 0.368 e. The van der Waals surface area contributed by atoms with Gasteiger partial charge in [-0.25, -0.2) is 9.37 Å². The molecule has 4 rings (SSSR count). The summed E-state index contributed by atoms with van der Waals surface area (Å²) in [6, 6.07) is 16.7. The summed E-state index contributed by atoms with van der Waals surface area (Å²) >= 11 is 0. The number of benzene rings is 2. The smallest absolute Gasteiger partial charge is 0.227 e. The van der Waals surface area contributed by atoms with Gasteiger partial charge >= 0.3 is 0 Å². The highest BCUT2D eigenvalue weighted by atomic mass is 19.1. The molecule has 0 saturated carbocycles. The zero-order valence-electron chi connectivity index (χ0n) is 15.3. The molecule has 1 aliphatic rings. The molecule has 0 amide bonds. The van der Waals surface area contributed by atoms with Crippen LogP contribution in [0, 0.1) is 12.7 Å². The van der Waals surface area contributed by atoms with Gasteiger partial charge in [-0.15, -0.1) is 0 Å². The summed E-state index contributed by atoms with van der Waals surface area (Å²) < 4.78 is 13.1. The van der Waals surface area contributed by atoms with Crippen molar-refractivity contribution in [1.82, 2.24) is 9.97 Å². The van der Waals surface area contributed by atoms with Gasteiger partial charge in [-0.3, -0.25) is 0 Å². The SMILES string of the molecule is Cc1cccc(Nc2ccnc(N3CCN(c4ccc(F)cc4)CC3)n2)c1. The van der Waals surface area contributed by atoms with Gasteiger partial charge in [0, 0.05) is 43.8 Å². The van der Waals surface area contributed by atoms with Crippen LogP contribution in [0.5, 0.6) is 0 Å². The highest BCUT2D eigenvalue weighted by molar-refractivity contribution is 5.58. The predicted molar refractivity (Wildman–Crippen MR) is 107 cm³/mol. The fourth-order valence-electron chi connectivity index (χ4n) is 3.26. The molecule has 1 saturated heterocycles. The molecule has 0 spiro atoms. The Hall–Kier alpha value is -3.15. The maximum Gasteiger partial charge on any atom is 0.227 e. The van der Waals surface area contributed by atoms with E-state index in [0.29, 0.717) is 0 Å². The molecule has 6 heteroatoms. The number of rotatable bonds is 4. The van der Waals surface area contributed by atoms with Crippen molar-refractivity contribution in [2.45, 2.75) is 6.92 Å². The first kappa shape index (κ1) is 17.3. The minimum atomic E-state index is -0.205. The summed E-state index contributed by atoms with van der Waals surface area (Å²) in [4.78, 5) is 13.5. The van der Waals surface area contributed by atoms with E-state index in [2.05, 4.69) is 44.1 Å². The molecular weight excluding hydrogens is 341 g/mol. The highest BCUT2D eigenvalue weighted by Gasteiger charge is 2.19. The van der Waals surface area contributed by atoms with Gasteiger partial charge in [0.1, 0.15) is 11.6 Å². The van der Waals surface area contributed by atoms with Crippen LogP contribution in [0.2, 0.25) is 0 Å². The second kappa shape index (κ2) is 7.61. The monoisotopic (exact) mass is 363 g/mol. The van der Waals surface area contributed by atoms with Crippen molar-refractivity contribution in [3.8, 4) is 0 Å². The molecule has 2 heterocycles. The second-order valence-electron chi connectivity index (χ2n) is 6.69. The summed E-state index contributed by atoms with van der Waals surface area (Å²) in [5.41, 5.74) is 3.26. The standard InChI is InChI=1S/C21H22FN5/c1-16-3-2-4-18(15-16)24-20-9-10-23-21(25-20)27-13-11-26(12-14-27)19-7-5-17(22)6-8-19/h2-10,15H,11-14H2,1H3,(H,23,24,25). The number of aryl methyl sites for hydroxylation is 1. The van der Waals surface area contributed by atoms with Crippen molar-refractivity contribution in [2.24, 2.45) is 0 Å². The fraction of sp³-hybridized carbons (Fsp3) is 0.238. The van der Waals surface area contributed by atoms with Crippen molar-refractivity contribution in [3.05, 3.63) is 72.2 Å². The first-order valence-electron chi connectivity index (χ1n) is 9.09. The third kappa shape index (κ3) is 4.16. The van der Waals surface area contributed by atoms with Crippen molar-refractivity contribution in [3.63, 3.8) is 0 Å². The zero-order chi connectivity index (χ0) is 18.6. The lowest BCUT2D eigenvalue weighted by molar-refractivity contribution is 0.623. The maximum atomic E-state index is 13.1. The number of halogens is 1. The Balaban J connectivity index is 1.42. The van der Waals surface area contributed by atoms with E-state index in [9.17, 15) is 4.39 Å². The molecule has 2 aromatic carbocycles. The van der Waals surface area contributed by atoms with Gasteiger partial charge < -0.3 is 15.1 Å². The van der Waals surface area contributed by atoms with E-state index >= 15 is 0 Å². The van der Waals surface area contributed by atoms with E-state index in [4.69, 9.17) is 0 Å². The first-order chi connectivity index (χ1) is 13.2. The summed E-state index contributed by atoms with van der Waals surface area (Å²) in [7, 11) is 0. The van der Waals surface area contributed by atoms with Gasteiger partial charge in [0.15, 0.2) is 0 Å². The predicted octanol–water partition coefficient (Wildman–Crippen LogP) is 3.99. The van der Waals surface area contributed by atoms with Gasteiger partial charge in [-0.2, -0.15) is 4.98 Å². The average Bonchev–Trinajstić information content (AvgIpc) is 2.69. The van der Waals surface area contributed by atoms with E-state index < -0.39 is 0 Å². The molecule has 0 bridgehead atoms. The summed E-state index contributed by atoms with van der Waals surface area (Å²) in [6.07, 6.45) is 1.78. The Morgan fingerprint density at radius 3 is 2.41 bits per heavy atom. The number of anilines is 4. The van der Waals surface area contributed by atoms with E-state index in [1.165, 1.54) is 17.7 Å². The third-order valence-corrected chi connectivity index (χ3v) is 4.69. The number of nitrogens with zero attached hydrogens (tertiary/aromatic N) is 4. The first-order valence-corrected chi connectivity index (χ1v) is 9.09. The van der Waals surface area contributed by atoms with E-state index in [1.807, 2.05) is 30.3 Å². The zero-order valence-corrected chi connectivity index (χ0v) is 15.3. The Kier molecular flexibility index (Phi) is 4.87. The van der Waals surface area contributed by atoms with Gasteiger partial charge in [0.25, 0.3) is 0 Å². The molecule has 27 heavy (non-hydrogen) atoms. The Morgan fingerprint density at radius 2 is 1.67 bits per heavy atom. The number of hydrogen-bond donors (Lipinski definition) is 1. The van der Waals surface area contributed by atoms with Crippen LogP contribution in [0.3, 0.4) is 0 Å². The molecule has 1 aromatic heterocycles. The molecule has 5 nitrogen and oxygen atoms in total. The van der Waals surface area contributed by atoms with Gasteiger partial charge in [0.05, 0.1) is 0 Å². The summed E-state index contributed by atoms with van der Waals surface area (Å²) in [5, 5.41) is 3.34. The number of aromatic nitrogens is 2. The van der Waals surface area contributed by atoms with Crippen LogP contribution >= 0.6 is 0 Å². The topological polar surface area (TPSA) is 44.3 Å². The van der Waals surface area contributed by atoms with Crippen molar-refractivity contribution in [2.75, 3.05) is 41.3 Å². The quantitative estimate of drug-likeness (QED) is 0.759. The molecule has 138 valence electrons. The lowest BCUT2D eigenvalue weighted by Crippen LogP contribution is -2.47. The molecule has 0 aliphatic carbocycles. The Labute approximate surface area is 158 Å². The van der Waals surface area contributed by atoms with Crippen LogP contribution < -0.4 is 15.1 Å². The lowest BCUT2D eigenvalue weighted by atomic mass is 10.2. The lowest BCUT2D eigenvalue weighted by Gasteiger charge is -2.36.